The van der Waals surface area contributed by atoms with E-state index in [1.807, 2.05) is 24.1 Å². The van der Waals surface area contributed by atoms with Crippen LogP contribution in [0.25, 0.3) is 0 Å². The van der Waals surface area contributed by atoms with E-state index in [2.05, 4.69) is 15.2 Å². The van der Waals surface area contributed by atoms with Crippen LogP contribution in [0, 0.1) is 0 Å². The second-order valence-corrected chi connectivity index (χ2v) is 5.62. The lowest BCUT2D eigenvalue weighted by molar-refractivity contribution is 0.0368. The molecule has 1 aromatic rings. The number of carbonyl (C=O) groups is 1. The molecule has 1 amide bonds. The fourth-order valence-corrected chi connectivity index (χ4v) is 3.21. The molecule has 2 aliphatic heterocycles. The molecule has 2 aliphatic rings. The van der Waals surface area contributed by atoms with Crippen LogP contribution in [0.5, 0.6) is 0 Å². The third-order valence-electron chi connectivity index (χ3n) is 4.39. The minimum atomic E-state index is 0.0623. The summed E-state index contributed by atoms with van der Waals surface area (Å²) in [6.45, 7) is 3.87. The number of rotatable bonds is 2. The molecule has 0 radical (unpaired) electrons. The van der Waals surface area contributed by atoms with Crippen molar-refractivity contribution in [3.05, 3.63) is 24.0 Å². The topological polar surface area (TPSA) is 48.5 Å². The summed E-state index contributed by atoms with van der Waals surface area (Å²) in [6, 6.07) is 4.25. The molecular weight excluding hydrogens is 252 g/mol. The van der Waals surface area contributed by atoms with Crippen LogP contribution in [0.15, 0.2) is 18.3 Å². The molecule has 2 saturated heterocycles. The summed E-state index contributed by atoms with van der Waals surface area (Å²) < 4.78 is 0. The number of nitrogens with one attached hydrogen (secondary N) is 1. The number of pyridine rings is 1. The number of piperidine rings is 1. The Morgan fingerprint density at radius 1 is 1.35 bits per heavy atom. The van der Waals surface area contributed by atoms with Gasteiger partial charge in [0.05, 0.1) is 0 Å². The van der Waals surface area contributed by atoms with Gasteiger partial charge < -0.3 is 10.2 Å². The lowest BCUT2D eigenvalue weighted by Crippen LogP contribution is -2.56. The van der Waals surface area contributed by atoms with Gasteiger partial charge in [-0.25, -0.2) is 0 Å². The molecule has 0 aliphatic carbocycles. The van der Waals surface area contributed by atoms with Crippen LogP contribution in [-0.4, -0.2) is 60.0 Å². The van der Waals surface area contributed by atoms with Gasteiger partial charge in [0.1, 0.15) is 5.69 Å². The second kappa shape index (κ2) is 5.79. The van der Waals surface area contributed by atoms with Crippen LogP contribution in [0.1, 0.15) is 29.8 Å². The van der Waals surface area contributed by atoms with E-state index in [1.54, 1.807) is 6.20 Å². The summed E-state index contributed by atoms with van der Waals surface area (Å²) in [5.41, 5.74) is 1.47. The average molecular weight is 274 g/mol. The molecule has 108 valence electrons. The summed E-state index contributed by atoms with van der Waals surface area (Å²) in [7, 11) is 1.85. The van der Waals surface area contributed by atoms with Crippen molar-refractivity contribution in [3.63, 3.8) is 0 Å². The van der Waals surface area contributed by atoms with Gasteiger partial charge in [0.2, 0.25) is 0 Å². The fourth-order valence-electron chi connectivity index (χ4n) is 3.21. The number of anilines is 1. The van der Waals surface area contributed by atoms with Crippen LogP contribution in [0.2, 0.25) is 0 Å². The van der Waals surface area contributed by atoms with Gasteiger partial charge in [-0.3, -0.25) is 14.7 Å². The SMILES string of the molecule is CNc1ccnc(C(=O)N2CCN3CCCCC3C2)c1. The summed E-state index contributed by atoms with van der Waals surface area (Å²) >= 11 is 0. The molecule has 3 heterocycles. The van der Waals surface area contributed by atoms with Gasteiger partial charge in [-0.1, -0.05) is 6.42 Å². The molecule has 1 N–H and O–H groups in total. The lowest BCUT2D eigenvalue weighted by Gasteiger charge is -2.43. The molecular formula is C15H22N4O. The maximum absolute atomic E-state index is 12.6. The zero-order chi connectivity index (χ0) is 13.9. The van der Waals surface area contributed by atoms with Crippen molar-refractivity contribution in [2.45, 2.75) is 25.3 Å². The van der Waals surface area contributed by atoms with Crippen LogP contribution in [0.3, 0.4) is 0 Å². The number of fused-ring (bicyclic) bond motifs is 1. The van der Waals surface area contributed by atoms with Gasteiger partial charge in [-0.05, 0) is 31.5 Å². The lowest BCUT2D eigenvalue weighted by atomic mass is 9.99. The van der Waals surface area contributed by atoms with E-state index in [4.69, 9.17) is 0 Å². The van der Waals surface area contributed by atoms with E-state index in [-0.39, 0.29) is 5.91 Å². The Balaban J connectivity index is 1.70. The van der Waals surface area contributed by atoms with Gasteiger partial charge in [0.25, 0.3) is 5.91 Å². The highest BCUT2D eigenvalue weighted by atomic mass is 16.2. The van der Waals surface area contributed by atoms with E-state index in [9.17, 15) is 4.79 Å². The van der Waals surface area contributed by atoms with Crippen molar-refractivity contribution in [1.82, 2.24) is 14.8 Å². The van der Waals surface area contributed by atoms with E-state index in [0.29, 0.717) is 11.7 Å². The van der Waals surface area contributed by atoms with Crippen molar-refractivity contribution in [2.24, 2.45) is 0 Å². The van der Waals surface area contributed by atoms with E-state index >= 15 is 0 Å². The van der Waals surface area contributed by atoms with Crippen LogP contribution in [0.4, 0.5) is 5.69 Å². The minimum absolute atomic E-state index is 0.0623. The van der Waals surface area contributed by atoms with Crippen LogP contribution >= 0.6 is 0 Å². The molecule has 0 saturated carbocycles. The predicted octanol–water partition coefficient (Wildman–Crippen LogP) is 1.43. The quantitative estimate of drug-likeness (QED) is 0.886. The highest BCUT2D eigenvalue weighted by Crippen LogP contribution is 2.22. The van der Waals surface area contributed by atoms with E-state index in [0.717, 1.165) is 25.3 Å². The molecule has 5 nitrogen and oxygen atoms in total. The van der Waals surface area contributed by atoms with E-state index < -0.39 is 0 Å². The molecule has 1 aromatic heterocycles. The number of amides is 1. The Bertz CT molecular complexity index is 491. The molecule has 1 unspecified atom stereocenters. The Morgan fingerprint density at radius 3 is 3.10 bits per heavy atom. The highest BCUT2D eigenvalue weighted by molar-refractivity contribution is 5.93. The maximum Gasteiger partial charge on any atom is 0.272 e. The summed E-state index contributed by atoms with van der Waals surface area (Å²) in [5, 5.41) is 3.05. The Kier molecular flexibility index (Phi) is 3.87. The van der Waals surface area contributed by atoms with Crippen molar-refractivity contribution >= 4 is 11.6 Å². The first-order valence-electron chi connectivity index (χ1n) is 7.45. The van der Waals surface area contributed by atoms with Gasteiger partial charge in [-0.15, -0.1) is 0 Å². The molecule has 0 spiro atoms. The summed E-state index contributed by atoms with van der Waals surface area (Å²) in [5.74, 6) is 0.0623. The first-order valence-corrected chi connectivity index (χ1v) is 7.45. The van der Waals surface area contributed by atoms with Crippen molar-refractivity contribution in [3.8, 4) is 0 Å². The average Bonchev–Trinajstić information content (AvgIpc) is 2.53. The highest BCUT2D eigenvalue weighted by Gasteiger charge is 2.31. The van der Waals surface area contributed by atoms with Crippen LogP contribution in [-0.2, 0) is 0 Å². The molecule has 20 heavy (non-hydrogen) atoms. The number of aromatic nitrogens is 1. The third-order valence-corrected chi connectivity index (χ3v) is 4.39. The number of hydrogen-bond acceptors (Lipinski definition) is 4. The second-order valence-electron chi connectivity index (χ2n) is 5.62. The molecule has 1 atom stereocenters. The maximum atomic E-state index is 12.6. The van der Waals surface area contributed by atoms with E-state index in [1.165, 1.54) is 25.8 Å². The first kappa shape index (κ1) is 13.4. The van der Waals surface area contributed by atoms with Crippen molar-refractivity contribution in [2.75, 3.05) is 38.5 Å². The van der Waals surface area contributed by atoms with Gasteiger partial charge in [0, 0.05) is 44.6 Å². The standard InChI is InChI=1S/C15H22N4O/c1-16-12-5-6-17-14(10-12)15(20)19-9-8-18-7-3-2-4-13(18)11-19/h5-6,10,13H,2-4,7-9,11H2,1H3,(H,16,17). The molecule has 3 rings (SSSR count). The molecule has 2 fully saturated rings. The molecule has 0 bridgehead atoms. The largest absolute Gasteiger partial charge is 0.388 e. The molecule has 5 heteroatoms. The first-order chi connectivity index (χ1) is 9.78. The Labute approximate surface area is 120 Å². The molecule has 0 aromatic carbocycles. The summed E-state index contributed by atoms with van der Waals surface area (Å²) in [4.78, 5) is 21.3. The number of nitrogens with zero attached hydrogens (tertiary/aromatic N) is 3. The Hall–Kier alpha value is -1.62. The summed E-state index contributed by atoms with van der Waals surface area (Å²) in [6.07, 6.45) is 5.50. The number of piperazine rings is 1. The zero-order valence-electron chi connectivity index (χ0n) is 12.0. The normalized spacial score (nSPS) is 23.2. The zero-order valence-corrected chi connectivity index (χ0v) is 12.0. The fraction of sp³-hybridized carbons (Fsp3) is 0.600. The van der Waals surface area contributed by atoms with Crippen molar-refractivity contribution < 1.29 is 4.79 Å². The van der Waals surface area contributed by atoms with Crippen LogP contribution < -0.4 is 5.32 Å². The van der Waals surface area contributed by atoms with Crippen molar-refractivity contribution in [1.29, 1.82) is 0 Å². The minimum Gasteiger partial charge on any atom is -0.388 e. The smallest absolute Gasteiger partial charge is 0.272 e. The number of carbonyl (C=O) groups excluding carboxylic acids is 1. The van der Waals surface area contributed by atoms with Gasteiger partial charge in [0.15, 0.2) is 0 Å². The monoisotopic (exact) mass is 274 g/mol. The third kappa shape index (κ3) is 2.63. The predicted molar refractivity (Wildman–Crippen MR) is 78.9 cm³/mol. The van der Waals surface area contributed by atoms with Gasteiger partial charge >= 0.3 is 0 Å². The Morgan fingerprint density at radius 2 is 2.25 bits per heavy atom. The van der Waals surface area contributed by atoms with Gasteiger partial charge in [-0.2, -0.15) is 0 Å². The number of hydrogen-bond donors (Lipinski definition) is 1.